The van der Waals surface area contributed by atoms with Crippen molar-refractivity contribution in [2.45, 2.75) is 18.2 Å². The third-order valence-corrected chi connectivity index (χ3v) is 6.17. The van der Waals surface area contributed by atoms with Gasteiger partial charge >= 0.3 is 0 Å². The minimum atomic E-state index is -3.92. The SMILES string of the molecule is CCCNC(=O)c1ccc(Cl)cc1NC(=O)c1ccc(NS(=O)(=O)c2ccc(F)cc2)cc1. The van der Waals surface area contributed by atoms with Crippen molar-refractivity contribution in [1.29, 1.82) is 0 Å². The number of carbonyl (C=O) groups excluding carboxylic acids is 2. The Kier molecular flexibility index (Phi) is 7.67. The number of halogens is 2. The molecule has 10 heteroatoms. The number of carbonyl (C=O) groups is 2. The minimum Gasteiger partial charge on any atom is -0.352 e. The Hall–Kier alpha value is -3.43. The van der Waals surface area contributed by atoms with Crippen LogP contribution in [0.1, 0.15) is 34.1 Å². The van der Waals surface area contributed by atoms with Gasteiger partial charge < -0.3 is 10.6 Å². The molecule has 0 atom stereocenters. The molecule has 3 aromatic carbocycles. The second-order valence-electron chi connectivity index (χ2n) is 7.04. The number of nitrogens with one attached hydrogen (secondary N) is 3. The molecule has 0 aliphatic carbocycles. The maximum Gasteiger partial charge on any atom is 0.261 e. The van der Waals surface area contributed by atoms with E-state index in [1.165, 1.54) is 36.4 Å². The first-order chi connectivity index (χ1) is 15.7. The lowest BCUT2D eigenvalue weighted by Gasteiger charge is -2.12. The molecule has 3 rings (SSSR count). The molecule has 3 N–H and O–H groups in total. The van der Waals surface area contributed by atoms with Crippen molar-refractivity contribution in [2.24, 2.45) is 0 Å². The molecule has 0 bridgehead atoms. The molecule has 33 heavy (non-hydrogen) atoms. The fourth-order valence-electron chi connectivity index (χ4n) is 2.86. The molecular formula is C23H21ClFN3O4S. The molecule has 0 radical (unpaired) electrons. The minimum absolute atomic E-state index is 0.0967. The highest BCUT2D eigenvalue weighted by molar-refractivity contribution is 7.92. The third kappa shape index (κ3) is 6.30. The average molecular weight is 490 g/mol. The third-order valence-electron chi connectivity index (χ3n) is 4.53. The Bertz CT molecular complexity index is 1260. The lowest BCUT2D eigenvalue weighted by molar-refractivity contribution is 0.0954. The van der Waals surface area contributed by atoms with Crippen LogP contribution in [0.15, 0.2) is 71.6 Å². The molecule has 3 aromatic rings. The molecule has 0 saturated carbocycles. The van der Waals surface area contributed by atoms with E-state index in [0.717, 1.165) is 30.7 Å². The zero-order valence-electron chi connectivity index (χ0n) is 17.6. The van der Waals surface area contributed by atoms with E-state index in [0.29, 0.717) is 11.6 Å². The number of anilines is 2. The van der Waals surface area contributed by atoms with Crippen LogP contribution in [0.25, 0.3) is 0 Å². The number of hydrogen-bond donors (Lipinski definition) is 3. The number of sulfonamides is 1. The zero-order chi connectivity index (χ0) is 24.0. The lowest BCUT2D eigenvalue weighted by atomic mass is 10.1. The summed E-state index contributed by atoms with van der Waals surface area (Å²) in [5.74, 6) is -1.39. The van der Waals surface area contributed by atoms with E-state index >= 15 is 0 Å². The van der Waals surface area contributed by atoms with Crippen molar-refractivity contribution in [3.8, 4) is 0 Å². The maximum absolute atomic E-state index is 13.0. The molecule has 7 nitrogen and oxygen atoms in total. The van der Waals surface area contributed by atoms with Crippen LogP contribution in [0.4, 0.5) is 15.8 Å². The van der Waals surface area contributed by atoms with Crippen LogP contribution in [-0.2, 0) is 10.0 Å². The van der Waals surface area contributed by atoms with Gasteiger partial charge in [-0.2, -0.15) is 0 Å². The van der Waals surface area contributed by atoms with Gasteiger partial charge in [-0.05, 0) is 73.2 Å². The first-order valence-electron chi connectivity index (χ1n) is 9.97. The molecule has 0 spiro atoms. The van der Waals surface area contributed by atoms with Crippen LogP contribution in [-0.4, -0.2) is 26.8 Å². The van der Waals surface area contributed by atoms with Crippen LogP contribution in [0.3, 0.4) is 0 Å². The van der Waals surface area contributed by atoms with Gasteiger partial charge in [0.2, 0.25) is 0 Å². The summed E-state index contributed by atoms with van der Waals surface area (Å²) in [5, 5.41) is 5.76. The van der Waals surface area contributed by atoms with Crippen LogP contribution < -0.4 is 15.4 Å². The second kappa shape index (κ2) is 10.5. The summed E-state index contributed by atoms with van der Waals surface area (Å²) in [6.07, 6.45) is 0.762. The number of benzene rings is 3. The summed E-state index contributed by atoms with van der Waals surface area (Å²) in [7, 11) is -3.92. The van der Waals surface area contributed by atoms with Crippen LogP contribution >= 0.6 is 11.6 Å². The van der Waals surface area contributed by atoms with E-state index in [2.05, 4.69) is 15.4 Å². The van der Waals surface area contributed by atoms with Gasteiger partial charge in [0.25, 0.3) is 21.8 Å². The molecule has 0 saturated heterocycles. The molecule has 0 heterocycles. The highest BCUT2D eigenvalue weighted by Crippen LogP contribution is 2.23. The van der Waals surface area contributed by atoms with Gasteiger partial charge in [0.15, 0.2) is 0 Å². The monoisotopic (exact) mass is 489 g/mol. The summed E-state index contributed by atoms with van der Waals surface area (Å²) in [6.45, 7) is 2.42. The first kappa shape index (κ1) is 24.2. The highest BCUT2D eigenvalue weighted by atomic mass is 35.5. The number of rotatable bonds is 8. The molecule has 0 aliphatic rings. The Balaban J connectivity index is 1.74. The van der Waals surface area contributed by atoms with Gasteiger partial charge in [-0.3, -0.25) is 14.3 Å². The van der Waals surface area contributed by atoms with E-state index in [-0.39, 0.29) is 33.3 Å². The Labute approximate surface area is 196 Å². The molecule has 0 fully saturated rings. The quantitative estimate of drug-likeness (QED) is 0.427. The van der Waals surface area contributed by atoms with E-state index < -0.39 is 21.7 Å². The zero-order valence-corrected chi connectivity index (χ0v) is 19.1. The van der Waals surface area contributed by atoms with Crippen molar-refractivity contribution in [2.75, 3.05) is 16.6 Å². The number of hydrogen-bond acceptors (Lipinski definition) is 4. The lowest BCUT2D eigenvalue weighted by Crippen LogP contribution is -2.25. The van der Waals surface area contributed by atoms with Crippen LogP contribution in [0.5, 0.6) is 0 Å². The first-order valence-corrected chi connectivity index (χ1v) is 11.8. The van der Waals surface area contributed by atoms with Crippen molar-refractivity contribution in [3.05, 3.63) is 88.7 Å². The molecule has 0 unspecified atom stereocenters. The van der Waals surface area contributed by atoms with E-state index in [1.54, 1.807) is 6.07 Å². The molecular weight excluding hydrogens is 469 g/mol. The predicted molar refractivity (Wildman–Crippen MR) is 126 cm³/mol. The van der Waals surface area contributed by atoms with Gasteiger partial charge in [-0.25, -0.2) is 12.8 Å². The smallest absolute Gasteiger partial charge is 0.261 e. The van der Waals surface area contributed by atoms with Gasteiger partial charge in [-0.15, -0.1) is 0 Å². The Morgan fingerprint density at radius 3 is 2.24 bits per heavy atom. The van der Waals surface area contributed by atoms with E-state index in [9.17, 15) is 22.4 Å². The molecule has 2 amide bonds. The van der Waals surface area contributed by atoms with Gasteiger partial charge in [0.1, 0.15) is 5.82 Å². The van der Waals surface area contributed by atoms with Crippen LogP contribution in [0.2, 0.25) is 5.02 Å². The summed E-state index contributed by atoms with van der Waals surface area (Å²) in [4.78, 5) is 25.0. The average Bonchev–Trinajstić information content (AvgIpc) is 2.78. The second-order valence-corrected chi connectivity index (χ2v) is 9.16. The van der Waals surface area contributed by atoms with E-state index in [1.807, 2.05) is 6.92 Å². The number of amides is 2. The van der Waals surface area contributed by atoms with Gasteiger partial charge in [-0.1, -0.05) is 18.5 Å². The summed E-state index contributed by atoms with van der Waals surface area (Å²) in [6, 6.07) is 14.7. The fraction of sp³-hybridized carbons (Fsp3) is 0.130. The highest BCUT2D eigenvalue weighted by Gasteiger charge is 2.17. The Morgan fingerprint density at radius 1 is 0.939 bits per heavy atom. The summed E-state index contributed by atoms with van der Waals surface area (Å²) in [5.41, 5.74) is 0.977. The van der Waals surface area contributed by atoms with Gasteiger partial charge in [0, 0.05) is 22.8 Å². The van der Waals surface area contributed by atoms with Crippen molar-refractivity contribution >= 4 is 44.8 Å². The van der Waals surface area contributed by atoms with Crippen molar-refractivity contribution < 1.29 is 22.4 Å². The summed E-state index contributed by atoms with van der Waals surface area (Å²) < 4.78 is 40.2. The normalized spacial score (nSPS) is 11.0. The van der Waals surface area contributed by atoms with E-state index in [4.69, 9.17) is 11.6 Å². The maximum atomic E-state index is 13.0. The topological polar surface area (TPSA) is 104 Å². The summed E-state index contributed by atoms with van der Waals surface area (Å²) >= 11 is 6.03. The van der Waals surface area contributed by atoms with Crippen molar-refractivity contribution in [1.82, 2.24) is 5.32 Å². The molecule has 0 aliphatic heterocycles. The van der Waals surface area contributed by atoms with Crippen LogP contribution in [0, 0.1) is 5.82 Å². The van der Waals surface area contributed by atoms with Crippen molar-refractivity contribution in [3.63, 3.8) is 0 Å². The predicted octanol–water partition coefficient (Wildman–Crippen LogP) is 4.67. The standard InChI is InChI=1S/C23H21ClFN3O4S/c1-2-13-26-23(30)20-12-5-16(24)14-21(20)27-22(29)15-3-8-18(9-4-15)28-33(31,32)19-10-6-17(25)7-11-19/h3-12,14,28H,2,13H2,1H3,(H,26,30)(H,27,29). The largest absolute Gasteiger partial charge is 0.352 e. The van der Waals surface area contributed by atoms with Gasteiger partial charge in [0.05, 0.1) is 16.1 Å². The molecule has 0 aromatic heterocycles. The molecule has 172 valence electrons. The Morgan fingerprint density at radius 2 is 1.61 bits per heavy atom. The fourth-order valence-corrected chi connectivity index (χ4v) is 4.09.